The number of phenolic OH excluding ortho intramolecular Hbond substituents is 1. The Morgan fingerprint density at radius 1 is 1.38 bits per heavy atom. The molecule has 1 N–H and O–H groups in total. The van der Waals surface area contributed by atoms with E-state index >= 15 is 0 Å². The van der Waals surface area contributed by atoms with Gasteiger partial charge in [0, 0.05) is 33.7 Å². The standard InChI is InChI=1S/C6H5O.Hg/c7-6-4-2-1-3-5-6;/h1-4,7H;. The molecule has 0 saturated heterocycles. The summed E-state index contributed by atoms with van der Waals surface area (Å²) >= 11 is 0. The Hall–Kier alpha value is -0.0449. The van der Waals surface area contributed by atoms with E-state index in [1.54, 1.807) is 24.3 Å². The molecule has 0 aliphatic heterocycles. The smallest absolute Gasteiger partial charge is 0.123 e. The van der Waals surface area contributed by atoms with Gasteiger partial charge in [-0.1, -0.05) is 18.2 Å². The Morgan fingerprint density at radius 3 is 2.38 bits per heavy atom. The summed E-state index contributed by atoms with van der Waals surface area (Å²) in [6.07, 6.45) is 0. The number of aromatic hydroxyl groups is 1. The van der Waals surface area contributed by atoms with Gasteiger partial charge >= 0.3 is 0 Å². The molecule has 0 aliphatic carbocycles. The van der Waals surface area contributed by atoms with Crippen LogP contribution in [0.15, 0.2) is 24.3 Å². The molecule has 0 bridgehead atoms. The van der Waals surface area contributed by atoms with Crippen LogP contribution in [0.25, 0.3) is 0 Å². The van der Waals surface area contributed by atoms with Gasteiger partial charge in [-0.25, -0.2) is 0 Å². The average molecular weight is 294 g/mol. The van der Waals surface area contributed by atoms with Gasteiger partial charge in [0.15, 0.2) is 0 Å². The molecule has 0 spiro atoms. The fourth-order valence-electron chi connectivity index (χ4n) is 0.384. The summed E-state index contributed by atoms with van der Waals surface area (Å²) in [6.45, 7) is 0. The number of benzene rings is 1. The van der Waals surface area contributed by atoms with Crippen molar-refractivity contribution in [3.63, 3.8) is 0 Å². The van der Waals surface area contributed by atoms with E-state index in [0.717, 1.165) is 0 Å². The SMILES string of the molecule is Oc1[c]cccc1.[Hg]. The second-order valence-corrected chi connectivity index (χ2v) is 1.25. The Kier molecular flexibility index (Phi) is 3.88. The predicted octanol–water partition coefficient (Wildman–Crippen LogP) is 1.19. The van der Waals surface area contributed by atoms with Crippen LogP contribution in [-0.4, -0.2) is 5.11 Å². The first kappa shape index (κ1) is 7.96. The summed E-state index contributed by atoms with van der Waals surface area (Å²) < 4.78 is 0. The van der Waals surface area contributed by atoms with Crippen molar-refractivity contribution in [2.45, 2.75) is 0 Å². The van der Waals surface area contributed by atoms with Crippen LogP contribution in [0.1, 0.15) is 0 Å². The van der Waals surface area contributed by atoms with Crippen LogP contribution in [0.2, 0.25) is 0 Å². The van der Waals surface area contributed by atoms with E-state index in [9.17, 15) is 0 Å². The monoisotopic (exact) mass is 295 g/mol. The fourth-order valence-corrected chi connectivity index (χ4v) is 0.384. The molecule has 0 unspecified atom stereocenters. The summed E-state index contributed by atoms with van der Waals surface area (Å²) in [7, 11) is 0. The minimum atomic E-state index is 0. The summed E-state index contributed by atoms with van der Waals surface area (Å²) in [5, 5.41) is 8.58. The number of rotatable bonds is 0. The Morgan fingerprint density at radius 2 is 2.12 bits per heavy atom. The van der Waals surface area contributed by atoms with Crippen molar-refractivity contribution < 1.29 is 32.8 Å². The second-order valence-electron chi connectivity index (χ2n) is 1.25. The number of para-hydroxylation sites is 1. The molecule has 1 radical (unpaired) electrons. The first-order chi connectivity index (χ1) is 3.39. The van der Waals surface area contributed by atoms with Gasteiger partial charge in [-0.05, 0) is 6.07 Å². The van der Waals surface area contributed by atoms with Crippen molar-refractivity contribution in [2.75, 3.05) is 0 Å². The van der Waals surface area contributed by atoms with Gasteiger partial charge in [0.05, 0.1) is 0 Å². The number of hydrogen-bond acceptors (Lipinski definition) is 1. The minimum Gasteiger partial charge on any atom is -0.507 e. The molecule has 0 heterocycles. The van der Waals surface area contributed by atoms with Gasteiger partial charge in [-0.15, -0.1) is 0 Å². The molecule has 0 fully saturated rings. The van der Waals surface area contributed by atoms with Gasteiger partial charge in [0.25, 0.3) is 0 Å². The van der Waals surface area contributed by atoms with Crippen molar-refractivity contribution >= 4 is 0 Å². The van der Waals surface area contributed by atoms with E-state index in [1.165, 1.54) is 0 Å². The predicted molar refractivity (Wildman–Crippen MR) is 26.9 cm³/mol. The Bertz CT molecular complexity index is 138. The molecule has 1 aromatic rings. The van der Waals surface area contributed by atoms with Crippen LogP contribution < -0.4 is 0 Å². The summed E-state index contributed by atoms with van der Waals surface area (Å²) in [5.41, 5.74) is 0. The van der Waals surface area contributed by atoms with Crippen LogP contribution in [-0.2, 0) is 27.7 Å². The van der Waals surface area contributed by atoms with Crippen LogP contribution in [0.5, 0.6) is 5.75 Å². The molecule has 0 amide bonds. The van der Waals surface area contributed by atoms with Crippen molar-refractivity contribution in [1.82, 2.24) is 0 Å². The summed E-state index contributed by atoms with van der Waals surface area (Å²) in [5.74, 6) is 0.197. The van der Waals surface area contributed by atoms with E-state index in [0.29, 0.717) is 0 Å². The molecule has 2 heteroatoms. The zero-order valence-corrected chi connectivity index (χ0v) is 9.96. The Labute approximate surface area is 68.9 Å². The van der Waals surface area contributed by atoms with Crippen LogP contribution in [0.4, 0.5) is 0 Å². The third-order valence-electron chi connectivity index (χ3n) is 0.693. The van der Waals surface area contributed by atoms with E-state index in [1.807, 2.05) is 0 Å². The molecule has 8 heavy (non-hydrogen) atoms. The zero-order chi connectivity index (χ0) is 5.11. The molecular formula is C6H5HgO. The second kappa shape index (κ2) is 3.90. The molecule has 1 nitrogen and oxygen atoms in total. The normalized spacial score (nSPS) is 7.50. The molecule has 0 aromatic heterocycles. The van der Waals surface area contributed by atoms with Gasteiger partial charge in [-0.2, -0.15) is 0 Å². The summed E-state index contributed by atoms with van der Waals surface area (Å²) in [6, 6.07) is 9.39. The molecule has 0 saturated carbocycles. The van der Waals surface area contributed by atoms with Gasteiger partial charge in [0.2, 0.25) is 0 Å². The van der Waals surface area contributed by atoms with Gasteiger partial charge < -0.3 is 5.11 Å². The maximum absolute atomic E-state index is 8.58. The van der Waals surface area contributed by atoms with Crippen LogP contribution in [0.3, 0.4) is 0 Å². The molecule has 1 aromatic carbocycles. The topological polar surface area (TPSA) is 20.2 Å². The minimum absolute atomic E-state index is 0. The maximum atomic E-state index is 8.58. The largest absolute Gasteiger partial charge is 0.507 e. The maximum Gasteiger partial charge on any atom is 0.123 e. The fraction of sp³-hybridized carbons (Fsp3) is 0. The third-order valence-corrected chi connectivity index (χ3v) is 0.693. The van der Waals surface area contributed by atoms with Crippen LogP contribution in [0, 0.1) is 6.07 Å². The van der Waals surface area contributed by atoms with Crippen molar-refractivity contribution in [1.29, 1.82) is 0 Å². The van der Waals surface area contributed by atoms with Gasteiger partial charge in [0.1, 0.15) is 5.75 Å². The third kappa shape index (κ3) is 2.31. The Balaban J connectivity index is 0.000000490. The first-order valence-corrected chi connectivity index (χ1v) is 2.05. The number of hydrogen-bond donors (Lipinski definition) is 1. The molecule has 1 rings (SSSR count). The zero-order valence-electron chi connectivity index (χ0n) is 4.46. The number of phenols is 1. The van der Waals surface area contributed by atoms with E-state index < -0.39 is 0 Å². The van der Waals surface area contributed by atoms with Crippen molar-refractivity contribution in [3.8, 4) is 5.75 Å². The molecule has 0 atom stereocenters. The van der Waals surface area contributed by atoms with Gasteiger partial charge in [-0.3, -0.25) is 0 Å². The summed E-state index contributed by atoms with van der Waals surface area (Å²) in [4.78, 5) is 0. The molecular weight excluding hydrogens is 289 g/mol. The van der Waals surface area contributed by atoms with Crippen LogP contribution >= 0.6 is 0 Å². The quantitative estimate of drug-likeness (QED) is 0.713. The van der Waals surface area contributed by atoms with E-state index in [-0.39, 0.29) is 33.4 Å². The average Bonchev–Trinajstić information content (AvgIpc) is 1.69. The van der Waals surface area contributed by atoms with E-state index in [4.69, 9.17) is 5.11 Å². The first-order valence-electron chi connectivity index (χ1n) is 2.05. The van der Waals surface area contributed by atoms with Crippen molar-refractivity contribution in [3.05, 3.63) is 30.3 Å². The molecule has 0 aliphatic rings. The van der Waals surface area contributed by atoms with Crippen molar-refractivity contribution in [2.24, 2.45) is 0 Å². The van der Waals surface area contributed by atoms with E-state index in [2.05, 4.69) is 6.07 Å². The molecule has 37 valence electrons.